The number of nitrogens with two attached hydrogens (primary N) is 1. The lowest BCUT2D eigenvalue weighted by Crippen LogP contribution is -2.05. The Hall–Kier alpha value is -2.27. The SMILES string of the molecule is CCOc1nc(C)c(C#N)c(N)c1C#N. The second kappa shape index (κ2) is 4.30. The van der Waals surface area contributed by atoms with Gasteiger partial charge in [-0.1, -0.05) is 0 Å². The molecule has 0 spiro atoms. The van der Waals surface area contributed by atoms with Crippen LogP contribution in [0.4, 0.5) is 5.69 Å². The van der Waals surface area contributed by atoms with Crippen LogP contribution in [0.1, 0.15) is 23.7 Å². The van der Waals surface area contributed by atoms with Crippen molar-refractivity contribution in [3.63, 3.8) is 0 Å². The average Bonchev–Trinajstić information content (AvgIpc) is 2.19. The summed E-state index contributed by atoms with van der Waals surface area (Å²) in [6, 6.07) is 3.80. The predicted molar refractivity (Wildman–Crippen MR) is 54.0 cm³/mol. The van der Waals surface area contributed by atoms with Crippen LogP contribution in [0.3, 0.4) is 0 Å². The average molecular weight is 202 g/mol. The first-order valence-corrected chi connectivity index (χ1v) is 4.38. The maximum absolute atomic E-state index is 8.88. The minimum absolute atomic E-state index is 0.124. The summed E-state index contributed by atoms with van der Waals surface area (Å²) in [7, 11) is 0. The van der Waals surface area contributed by atoms with Gasteiger partial charge in [-0.3, -0.25) is 0 Å². The van der Waals surface area contributed by atoms with Crippen molar-refractivity contribution in [1.82, 2.24) is 4.98 Å². The molecular weight excluding hydrogens is 192 g/mol. The molecule has 0 saturated carbocycles. The van der Waals surface area contributed by atoms with Gasteiger partial charge in [0.15, 0.2) is 0 Å². The van der Waals surface area contributed by atoms with Crippen molar-refractivity contribution in [1.29, 1.82) is 10.5 Å². The van der Waals surface area contributed by atoms with Gasteiger partial charge >= 0.3 is 0 Å². The van der Waals surface area contributed by atoms with Crippen LogP contribution >= 0.6 is 0 Å². The fourth-order valence-corrected chi connectivity index (χ4v) is 1.19. The normalized spacial score (nSPS) is 9.07. The van der Waals surface area contributed by atoms with Crippen molar-refractivity contribution < 1.29 is 4.74 Å². The molecule has 5 heteroatoms. The first-order valence-electron chi connectivity index (χ1n) is 4.38. The summed E-state index contributed by atoms with van der Waals surface area (Å²) in [6.07, 6.45) is 0. The molecule has 0 aliphatic carbocycles. The van der Waals surface area contributed by atoms with Gasteiger partial charge in [-0.25, -0.2) is 4.98 Å². The van der Waals surface area contributed by atoms with E-state index in [4.69, 9.17) is 21.0 Å². The predicted octanol–water partition coefficient (Wildman–Crippen LogP) is 1.11. The third kappa shape index (κ3) is 1.82. The van der Waals surface area contributed by atoms with Gasteiger partial charge in [0.05, 0.1) is 23.6 Å². The Morgan fingerprint density at radius 2 is 1.93 bits per heavy atom. The number of hydrogen-bond acceptors (Lipinski definition) is 5. The van der Waals surface area contributed by atoms with Crippen molar-refractivity contribution in [3.05, 3.63) is 16.8 Å². The zero-order chi connectivity index (χ0) is 11.4. The quantitative estimate of drug-likeness (QED) is 0.775. The molecule has 0 fully saturated rings. The van der Waals surface area contributed by atoms with Gasteiger partial charge in [-0.05, 0) is 13.8 Å². The lowest BCUT2D eigenvalue weighted by Gasteiger charge is -2.09. The first-order chi connectivity index (χ1) is 7.15. The summed E-state index contributed by atoms with van der Waals surface area (Å²) >= 11 is 0. The van der Waals surface area contributed by atoms with Gasteiger partial charge < -0.3 is 10.5 Å². The first kappa shape index (κ1) is 10.8. The van der Waals surface area contributed by atoms with Crippen LogP contribution in [0.25, 0.3) is 0 Å². The van der Waals surface area contributed by atoms with E-state index < -0.39 is 0 Å². The second-order valence-electron chi connectivity index (χ2n) is 2.82. The van der Waals surface area contributed by atoms with Gasteiger partial charge in [0, 0.05) is 0 Å². The Morgan fingerprint density at radius 1 is 1.33 bits per heavy atom. The maximum atomic E-state index is 8.88. The fraction of sp³-hybridized carbons (Fsp3) is 0.300. The van der Waals surface area contributed by atoms with Gasteiger partial charge in [0.2, 0.25) is 5.88 Å². The number of nitrogens with zero attached hydrogens (tertiary/aromatic N) is 3. The molecule has 0 aromatic carbocycles. The summed E-state index contributed by atoms with van der Waals surface area (Å²) in [5.41, 5.74) is 6.63. The number of aromatic nitrogens is 1. The number of anilines is 1. The molecule has 0 aliphatic rings. The van der Waals surface area contributed by atoms with Crippen molar-refractivity contribution in [2.45, 2.75) is 13.8 Å². The molecule has 0 unspecified atom stereocenters. The van der Waals surface area contributed by atoms with Crippen molar-refractivity contribution in [2.24, 2.45) is 0 Å². The molecule has 76 valence electrons. The molecule has 2 N–H and O–H groups in total. The number of aryl methyl sites for hydroxylation is 1. The Labute approximate surface area is 87.7 Å². The zero-order valence-electron chi connectivity index (χ0n) is 8.53. The molecular formula is C10H10N4O. The van der Waals surface area contributed by atoms with Crippen LogP contribution in [-0.2, 0) is 0 Å². The molecule has 15 heavy (non-hydrogen) atoms. The van der Waals surface area contributed by atoms with Crippen LogP contribution in [0.15, 0.2) is 0 Å². The van der Waals surface area contributed by atoms with Crippen molar-refractivity contribution in [3.8, 4) is 18.0 Å². The zero-order valence-corrected chi connectivity index (χ0v) is 8.53. The molecule has 0 saturated heterocycles. The second-order valence-corrected chi connectivity index (χ2v) is 2.82. The molecule has 0 radical (unpaired) electrons. The van der Waals surface area contributed by atoms with Crippen LogP contribution in [-0.4, -0.2) is 11.6 Å². The monoisotopic (exact) mass is 202 g/mol. The lowest BCUT2D eigenvalue weighted by molar-refractivity contribution is 0.325. The van der Waals surface area contributed by atoms with Gasteiger partial charge in [0.1, 0.15) is 17.7 Å². The van der Waals surface area contributed by atoms with Gasteiger partial charge in [-0.15, -0.1) is 0 Å². The summed E-state index contributed by atoms with van der Waals surface area (Å²) in [4.78, 5) is 4.02. The Bertz CT molecular complexity index is 468. The number of rotatable bonds is 2. The van der Waals surface area contributed by atoms with E-state index in [0.29, 0.717) is 12.3 Å². The van der Waals surface area contributed by atoms with Crippen LogP contribution in [0.2, 0.25) is 0 Å². The molecule has 0 bridgehead atoms. The molecule has 1 rings (SSSR count). The van der Waals surface area contributed by atoms with E-state index in [2.05, 4.69) is 4.98 Å². The van der Waals surface area contributed by atoms with Gasteiger partial charge in [-0.2, -0.15) is 10.5 Å². The highest BCUT2D eigenvalue weighted by Gasteiger charge is 2.16. The summed E-state index contributed by atoms with van der Waals surface area (Å²) in [5.74, 6) is 0.189. The maximum Gasteiger partial charge on any atom is 0.234 e. The Balaban J connectivity index is 3.48. The molecule has 1 heterocycles. The van der Waals surface area contributed by atoms with Gasteiger partial charge in [0.25, 0.3) is 0 Å². The number of hydrogen-bond donors (Lipinski definition) is 1. The third-order valence-corrected chi connectivity index (χ3v) is 1.89. The molecule has 0 aliphatic heterocycles. The van der Waals surface area contributed by atoms with Crippen molar-refractivity contribution in [2.75, 3.05) is 12.3 Å². The Morgan fingerprint density at radius 3 is 2.40 bits per heavy atom. The summed E-state index contributed by atoms with van der Waals surface area (Å²) in [6.45, 7) is 3.83. The van der Waals surface area contributed by atoms with E-state index in [1.807, 2.05) is 12.1 Å². The highest BCUT2D eigenvalue weighted by atomic mass is 16.5. The molecule has 0 amide bonds. The Kier molecular flexibility index (Phi) is 3.10. The van der Waals surface area contributed by atoms with Crippen LogP contribution in [0.5, 0.6) is 5.88 Å². The minimum Gasteiger partial charge on any atom is -0.477 e. The number of pyridine rings is 1. The number of nitrogen functional groups attached to an aromatic ring is 1. The van der Waals surface area contributed by atoms with E-state index in [1.165, 1.54) is 0 Å². The van der Waals surface area contributed by atoms with E-state index in [9.17, 15) is 0 Å². The molecule has 1 aromatic heterocycles. The van der Waals surface area contributed by atoms with Crippen molar-refractivity contribution >= 4 is 5.69 Å². The third-order valence-electron chi connectivity index (χ3n) is 1.89. The standard InChI is InChI=1S/C10H10N4O/c1-3-15-10-8(5-12)9(13)7(4-11)6(2)14-10/h3H2,1-2H3,(H2,13,14). The molecule has 0 atom stereocenters. The fourth-order valence-electron chi connectivity index (χ4n) is 1.19. The minimum atomic E-state index is 0.124. The molecule has 5 nitrogen and oxygen atoms in total. The van der Waals surface area contributed by atoms with E-state index >= 15 is 0 Å². The smallest absolute Gasteiger partial charge is 0.234 e. The summed E-state index contributed by atoms with van der Waals surface area (Å²) < 4.78 is 5.17. The van der Waals surface area contributed by atoms with Crippen LogP contribution in [0, 0.1) is 29.6 Å². The molecule has 1 aromatic rings. The van der Waals surface area contributed by atoms with E-state index in [-0.39, 0.29) is 22.7 Å². The topological polar surface area (TPSA) is 95.7 Å². The highest BCUT2D eigenvalue weighted by Crippen LogP contribution is 2.26. The summed E-state index contributed by atoms with van der Waals surface area (Å²) in [5, 5.41) is 17.7. The lowest BCUT2D eigenvalue weighted by atomic mass is 10.1. The van der Waals surface area contributed by atoms with Crippen LogP contribution < -0.4 is 10.5 Å². The van der Waals surface area contributed by atoms with E-state index in [1.54, 1.807) is 13.8 Å². The highest BCUT2D eigenvalue weighted by molar-refractivity contribution is 5.68. The number of nitriles is 2. The number of ether oxygens (including phenoxy) is 1. The largest absolute Gasteiger partial charge is 0.477 e. The van der Waals surface area contributed by atoms with E-state index in [0.717, 1.165) is 0 Å².